The first kappa shape index (κ1) is 17.6. The fraction of sp³-hybridized carbons (Fsp3) is 0.190. The number of aliphatic hydroxyl groups excluding tert-OH is 1. The van der Waals surface area contributed by atoms with Crippen molar-refractivity contribution in [2.45, 2.75) is 12.8 Å². The highest BCUT2D eigenvalue weighted by atomic mass is 32.1. The van der Waals surface area contributed by atoms with E-state index >= 15 is 0 Å². The Hall–Kier alpha value is -2.83. The summed E-state index contributed by atoms with van der Waals surface area (Å²) < 4.78 is 0. The van der Waals surface area contributed by atoms with E-state index in [4.69, 9.17) is 12.2 Å². The summed E-state index contributed by atoms with van der Waals surface area (Å²) in [4.78, 5) is 11.0. The SMILES string of the molecule is OCCN(C(=S)Nc1cc2ncccc2c2cccnc12)C1=CCCC=C1. The van der Waals surface area contributed by atoms with Crippen LogP contribution >= 0.6 is 12.2 Å². The van der Waals surface area contributed by atoms with Gasteiger partial charge in [0.05, 0.1) is 23.3 Å². The molecule has 3 aromatic rings. The predicted molar refractivity (Wildman–Crippen MR) is 114 cm³/mol. The van der Waals surface area contributed by atoms with Crippen molar-refractivity contribution in [3.63, 3.8) is 0 Å². The van der Waals surface area contributed by atoms with E-state index in [1.54, 1.807) is 12.4 Å². The molecule has 27 heavy (non-hydrogen) atoms. The molecule has 1 aliphatic rings. The summed E-state index contributed by atoms with van der Waals surface area (Å²) in [5.74, 6) is 0. The van der Waals surface area contributed by atoms with Gasteiger partial charge in [-0.25, -0.2) is 0 Å². The third-order valence-corrected chi connectivity index (χ3v) is 4.89. The van der Waals surface area contributed by atoms with Gasteiger partial charge in [0.25, 0.3) is 0 Å². The standard InChI is InChI=1S/C21H20N4OS/c26-13-12-25(15-6-2-1-3-7-15)21(27)24-19-14-18-16(8-4-10-22-18)17-9-5-11-23-20(17)19/h2,4-11,14,26H,1,3,12-13H2,(H,24,27). The number of allylic oxidation sites excluding steroid dienone is 3. The summed E-state index contributed by atoms with van der Waals surface area (Å²) in [6.45, 7) is 0.449. The third kappa shape index (κ3) is 3.54. The topological polar surface area (TPSA) is 61.3 Å². The van der Waals surface area contributed by atoms with E-state index in [-0.39, 0.29) is 6.61 Å². The summed E-state index contributed by atoms with van der Waals surface area (Å²) in [6.07, 6.45) is 11.9. The van der Waals surface area contributed by atoms with Crippen molar-refractivity contribution in [2.75, 3.05) is 18.5 Å². The molecule has 0 unspecified atom stereocenters. The van der Waals surface area contributed by atoms with Crippen molar-refractivity contribution < 1.29 is 5.11 Å². The lowest BCUT2D eigenvalue weighted by Gasteiger charge is -2.27. The summed E-state index contributed by atoms with van der Waals surface area (Å²) in [5.41, 5.74) is 3.54. The van der Waals surface area contributed by atoms with Crippen molar-refractivity contribution in [2.24, 2.45) is 0 Å². The molecule has 4 rings (SSSR count). The van der Waals surface area contributed by atoms with Crippen LogP contribution in [0, 0.1) is 0 Å². The molecule has 0 spiro atoms. The Bertz CT molecular complexity index is 1060. The first-order chi connectivity index (χ1) is 13.3. The number of nitrogens with zero attached hydrogens (tertiary/aromatic N) is 3. The van der Waals surface area contributed by atoms with E-state index in [1.165, 1.54) is 0 Å². The maximum Gasteiger partial charge on any atom is 0.178 e. The number of aliphatic hydroxyl groups is 1. The highest BCUT2D eigenvalue weighted by Crippen LogP contribution is 2.30. The molecule has 2 N–H and O–H groups in total. The van der Waals surface area contributed by atoms with Crippen molar-refractivity contribution in [1.29, 1.82) is 0 Å². The first-order valence-corrected chi connectivity index (χ1v) is 9.37. The average Bonchev–Trinajstić information content (AvgIpc) is 2.72. The van der Waals surface area contributed by atoms with Crippen molar-refractivity contribution in [3.8, 4) is 0 Å². The lowest BCUT2D eigenvalue weighted by atomic mass is 10.1. The summed E-state index contributed by atoms with van der Waals surface area (Å²) >= 11 is 5.67. The van der Waals surface area contributed by atoms with E-state index < -0.39 is 0 Å². The number of benzene rings is 1. The van der Waals surface area contributed by atoms with Crippen molar-refractivity contribution in [1.82, 2.24) is 14.9 Å². The Kier molecular flexibility index (Phi) is 5.09. The lowest BCUT2D eigenvalue weighted by molar-refractivity contribution is 0.268. The van der Waals surface area contributed by atoms with Crippen LogP contribution in [0.3, 0.4) is 0 Å². The number of nitrogens with one attached hydrogen (secondary N) is 1. The molecule has 5 nitrogen and oxygen atoms in total. The van der Waals surface area contributed by atoms with Gasteiger partial charge < -0.3 is 15.3 Å². The van der Waals surface area contributed by atoms with Gasteiger partial charge in [-0.3, -0.25) is 9.97 Å². The van der Waals surface area contributed by atoms with Gasteiger partial charge in [0.2, 0.25) is 0 Å². The van der Waals surface area contributed by atoms with E-state index in [9.17, 15) is 5.11 Å². The normalized spacial score (nSPS) is 13.6. The second-order valence-corrected chi connectivity index (χ2v) is 6.69. The maximum absolute atomic E-state index is 9.49. The molecule has 2 aromatic heterocycles. The van der Waals surface area contributed by atoms with Gasteiger partial charge in [0.15, 0.2) is 5.11 Å². The molecule has 0 bridgehead atoms. The van der Waals surface area contributed by atoms with E-state index in [0.29, 0.717) is 11.7 Å². The Balaban J connectivity index is 1.74. The number of pyridine rings is 2. The molecule has 0 saturated heterocycles. The van der Waals surface area contributed by atoms with Crippen molar-refractivity contribution in [3.05, 3.63) is 66.7 Å². The predicted octanol–water partition coefficient (Wildman–Crippen LogP) is 4.01. The van der Waals surface area contributed by atoms with E-state index in [1.807, 2.05) is 41.3 Å². The highest BCUT2D eigenvalue weighted by Gasteiger charge is 2.16. The van der Waals surface area contributed by atoms with Gasteiger partial charge >= 0.3 is 0 Å². The number of thiocarbonyl (C=S) groups is 1. The van der Waals surface area contributed by atoms with Crippen LogP contribution in [0.5, 0.6) is 0 Å². The van der Waals surface area contributed by atoms with Crippen LogP contribution in [-0.4, -0.2) is 38.2 Å². The molecule has 1 aliphatic carbocycles. The fourth-order valence-electron chi connectivity index (χ4n) is 3.33. The minimum atomic E-state index is 0.0191. The second-order valence-electron chi connectivity index (χ2n) is 6.31. The van der Waals surface area contributed by atoms with Crippen LogP contribution < -0.4 is 5.32 Å². The monoisotopic (exact) mass is 376 g/mol. The minimum absolute atomic E-state index is 0.0191. The number of anilines is 1. The second kappa shape index (κ2) is 7.82. The molecule has 136 valence electrons. The van der Waals surface area contributed by atoms with E-state index in [2.05, 4.69) is 27.4 Å². The fourth-order valence-corrected chi connectivity index (χ4v) is 3.63. The van der Waals surface area contributed by atoms with Crippen LogP contribution in [0.4, 0.5) is 5.69 Å². The minimum Gasteiger partial charge on any atom is -0.395 e. The average molecular weight is 376 g/mol. The Morgan fingerprint density at radius 2 is 1.96 bits per heavy atom. The smallest absolute Gasteiger partial charge is 0.178 e. The highest BCUT2D eigenvalue weighted by molar-refractivity contribution is 7.80. The maximum atomic E-state index is 9.49. The quantitative estimate of drug-likeness (QED) is 0.530. The Labute approximate surface area is 163 Å². The zero-order chi connectivity index (χ0) is 18.6. The molecule has 0 radical (unpaired) electrons. The lowest BCUT2D eigenvalue weighted by Crippen LogP contribution is -2.36. The van der Waals surface area contributed by atoms with Crippen LogP contribution in [0.15, 0.2) is 66.7 Å². The molecular weight excluding hydrogens is 356 g/mol. The molecule has 1 aromatic carbocycles. The number of hydrogen-bond acceptors (Lipinski definition) is 4. The molecule has 0 aliphatic heterocycles. The zero-order valence-corrected chi connectivity index (χ0v) is 15.6. The number of fused-ring (bicyclic) bond motifs is 3. The third-order valence-electron chi connectivity index (χ3n) is 4.57. The molecule has 6 heteroatoms. The molecule has 0 fully saturated rings. The molecule has 0 amide bonds. The van der Waals surface area contributed by atoms with Crippen LogP contribution in [0.1, 0.15) is 12.8 Å². The summed E-state index contributed by atoms with van der Waals surface area (Å²) in [6, 6.07) is 9.91. The number of rotatable bonds is 4. The van der Waals surface area contributed by atoms with Gasteiger partial charge in [-0.2, -0.15) is 0 Å². The van der Waals surface area contributed by atoms with E-state index in [0.717, 1.165) is 46.0 Å². The zero-order valence-electron chi connectivity index (χ0n) is 14.8. The van der Waals surface area contributed by atoms with Gasteiger partial charge in [-0.1, -0.05) is 24.3 Å². The molecule has 0 atom stereocenters. The Morgan fingerprint density at radius 1 is 1.15 bits per heavy atom. The largest absolute Gasteiger partial charge is 0.395 e. The van der Waals surface area contributed by atoms with Gasteiger partial charge in [0.1, 0.15) is 0 Å². The van der Waals surface area contributed by atoms with Gasteiger partial charge in [0, 0.05) is 35.4 Å². The molecule has 2 heterocycles. The van der Waals surface area contributed by atoms with Crippen LogP contribution in [0.25, 0.3) is 21.8 Å². The first-order valence-electron chi connectivity index (χ1n) is 8.96. The summed E-state index contributed by atoms with van der Waals surface area (Å²) in [7, 11) is 0. The summed E-state index contributed by atoms with van der Waals surface area (Å²) in [5, 5.41) is 15.4. The van der Waals surface area contributed by atoms with Crippen LogP contribution in [-0.2, 0) is 0 Å². The van der Waals surface area contributed by atoms with Gasteiger partial charge in [-0.05, 0) is 49.3 Å². The number of hydrogen-bond donors (Lipinski definition) is 2. The van der Waals surface area contributed by atoms with Gasteiger partial charge in [-0.15, -0.1) is 0 Å². The molecular formula is C21H20N4OS. The van der Waals surface area contributed by atoms with Crippen LogP contribution in [0.2, 0.25) is 0 Å². The van der Waals surface area contributed by atoms with Crippen molar-refractivity contribution >= 4 is 44.8 Å². The number of aromatic nitrogens is 2. The Morgan fingerprint density at radius 3 is 2.74 bits per heavy atom. The molecule has 0 saturated carbocycles.